The van der Waals surface area contributed by atoms with Crippen LogP contribution in [0.5, 0.6) is 0 Å². The maximum Gasteiger partial charge on any atom is 0.326 e. The van der Waals surface area contributed by atoms with Crippen LogP contribution in [0.1, 0.15) is 48.0 Å². The topological polar surface area (TPSA) is 92.4 Å². The van der Waals surface area contributed by atoms with E-state index in [-0.39, 0.29) is 11.8 Å². The number of carbonyl (C=O) groups excluding carboxylic acids is 1. The lowest BCUT2D eigenvalue weighted by molar-refractivity contribution is -0.144. The van der Waals surface area contributed by atoms with Crippen LogP contribution in [0.4, 0.5) is 0 Å². The number of carboxylic acids is 1. The van der Waals surface area contributed by atoms with E-state index in [1.54, 1.807) is 27.7 Å². The maximum absolute atomic E-state index is 12.2. The fourth-order valence-corrected chi connectivity index (χ4v) is 1.32. The van der Waals surface area contributed by atoms with Crippen molar-refractivity contribution in [3.8, 4) is 0 Å². The first-order valence-electron chi connectivity index (χ1n) is 6.22. The van der Waals surface area contributed by atoms with E-state index < -0.39 is 23.0 Å². The third kappa shape index (κ3) is 4.29. The minimum atomic E-state index is -1.01. The molecule has 0 aliphatic carbocycles. The van der Waals surface area contributed by atoms with Gasteiger partial charge in [-0.05, 0) is 40.0 Å². The number of carboxylic acid groups (broad SMARTS) is 1. The van der Waals surface area contributed by atoms with Gasteiger partial charge in [-0.3, -0.25) is 4.79 Å². The molecule has 0 saturated carbocycles. The first kappa shape index (κ1) is 16.9. The zero-order chi connectivity index (χ0) is 14.7. The average Bonchev–Trinajstić information content (AvgIpc) is 2.13. The van der Waals surface area contributed by atoms with Gasteiger partial charge in [0.15, 0.2) is 0 Å². The predicted molar refractivity (Wildman–Crippen MR) is 71.1 cm³/mol. The summed E-state index contributed by atoms with van der Waals surface area (Å²) in [4.78, 5) is 23.3. The summed E-state index contributed by atoms with van der Waals surface area (Å²) in [5, 5.41) is 11.7. The molecule has 5 heteroatoms. The van der Waals surface area contributed by atoms with Gasteiger partial charge in [0.05, 0.1) is 5.41 Å². The zero-order valence-corrected chi connectivity index (χ0v) is 12.2. The molecule has 0 aliphatic heterocycles. The average molecular weight is 258 g/mol. The number of hydrogen-bond acceptors (Lipinski definition) is 3. The molecule has 0 heterocycles. The molecule has 0 unspecified atom stereocenters. The Balaban J connectivity index is 4.86. The van der Waals surface area contributed by atoms with E-state index in [9.17, 15) is 9.59 Å². The summed E-state index contributed by atoms with van der Waals surface area (Å²) in [5.41, 5.74) is 4.40. The molecule has 0 rings (SSSR count). The lowest BCUT2D eigenvalue weighted by Gasteiger charge is -2.37. The van der Waals surface area contributed by atoms with Crippen molar-refractivity contribution in [2.24, 2.45) is 17.1 Å². The highest BCUT2D eigenvalue weighted by Crippen LogP contribution is 2.28. The quantitative estimate of drug-likeness (QED) is 0.671. The highest BCUT2D eigenvalue weighted by Gasteiger charge is 2.41. The normalized spacial score (nSPS) is 14.4. The third-order valence-corrected chi connectivity index (χ3v) is 3.49. The molecule has 0 spiro atoms. The van der Waals surface area contributed by atoms with Crippen LogP contribution in [0.15, 0.2) is 0 Å². The van der Waals surface area contributed by atoms with Gasteiger partial charge in [0.1, 0.15) is 6.04 Å². The zero-order valence-electron chi connectivity index (χ0n) is 12.2. The molecule has 0 radical (unpaired) electrons. The summed E-state index contributed by atoms with van der Waals surface area (Å²) in [7, 11) is 0. The molecule has 1 atom stereocenters. The van der Waals surface area contributed by atoms with Gasteiger partial charge in [-0.2, -0.15) is 0 Å². The number of nitrogens with two attached hydrogens (primary N) is 1. The minimum absolute atomic E-state index is 0.195. The second kappa shape index (κ2) is 5.69. The first-order chi connectivity index (χ1) is 7.89. The predicted octanol–water partition coefficient (Wildman–Crippen LogP) is 1.37. The van der Waals surface area contributed by atoms with Crippen LogP contribution < -0.4 is 11.1 Å². The summed E-state index contributed by atoms with van der Waals surface area (Å²) in [6.45, 7) is 10.8. The van der Waals surface area contributed by atoms with E-state index in [4.69, 9.17) is 10.8 Å². The molecule has 0 aromatic heterocycles. The highest BCUT2D eigenvalue weighted by atomic mass is 16.4. The highest BCUT2D eigenvalue weighted by molar-refractivity contribution is 5.87. The fourth-order valence-electron chi connectivity index (χ4n) is 1.32. The van der Waals surface area contributed by atoms with Gasteiger partial charge >= 0.3 is 5.97 Å². The van der Waals surface area contributed by atoms with Crippen LogP contribution in [-0.2, 0) is 9.59 Å². The minimum Gasteiger partial charge on any atom is -0.480 e. The van der Waals surface area contributed by atoms with Gasteiger partial charge in [0.2, 0.25) is 5.91 Å². The van der Waals surface area contributed by atoms with Crippen molar-refractivity contribution in [3.05, 3.63) is 0 Å². The lowest BCUT2D eigenvalue weighted by atomic mass is 9.74. The summed E-state index contributed by atoms with van der Waals surface area (Å²) in [6, 6.07) is -0.862. The lowest BCUT2D eigenvalue weighted by Crippen LogP contribution is -2.58. The Labute approximate surface area is 109 Å². The number of aliphatic carboxylic acids is 1. The van der Waals surface area contributed by atoms with Crippen molar-refractivity contribution in [3.63, 3.8) is 0 Å². The number of carbonyl (C=O) groups is 2. The monoisotopic (exact) mass is 258 g/mol. The second-order valence-corrected chi connectivity index (χ2v) is 6.34. The summed E-state index contributed by atoms with van der Waals surface area (Å²) >= 11 is 0. The molecule has 0 bridgehead atoms. The van der Waals surface area contributed by atoms with Crippen LogP contribution >= 0.6 is 0 Å². The second-order valence-electron chi connectivity index (χ2n) is 6.34. The van der Waals surface area contributed by atoms with Gasteiger partial charge in [-0.1, -0.05) is 13.8 Å². The summed E-state index contributed by atoms with van der Waals surface area (Å²) in [6.07, 6.45) is 0.405. The van der Waals surface area contributed by atoms with E-state index in [1.165, 1.54) is 0 Å². The smallest absolute Gasteiger partial charge is 0.326 e. The summed E-state index contributed by atoms with van der Waals surface area (Å²) in [5.74, 6) is -1.15. The Kier molecular flexibility index (Phi) is 5.35. The molecule has 0 saturated heterocycles. The first-order valence-corrected chi connectivity index (χ1v) is 6.22. The standard InChI is InChI=1S/C13H26N2O3/c1-8(2)7-9(10(16)17)15-11(18)12(3,4)13(5,6)14/h8-9H,7,14H2,1-6H3,(H,15,18)(H,16,17)/t9-/m0/s1. The Morgan fingerprint density at radius 1 is 1.22 bits per heavy atom. The van der Waals surface area contributed by atoms with E-state index in [0.717, 1.165) is 0 Å². The molecule has 0 aromatic rings. The molecule has 0 fully saturated rings. The van der Waals surface area contributed by atoms with E-state index in [0.29, 0.717) is 6.42 Å². The molecule has 4 N–H and O–H groups in total. The number of rotatable bonds is 6. The Bertz CT molecular complexity index is 317. The van der Waals surface area contributed by atoms with Crippen LogP contribution in [0.3, 0.4) is 0 Å². The Morgan fingerprint density at radius 2 is 1.67 bits per heavy atom. The number of nitrogens with one attached hydrogen (secondary N) is 1. The Hall–Kier alpha value is -1.10. The molecular formula is C13H26N2O3. The van der Waals surface area contributed by atoms with Crippen molar-refractivity contribution < 1.29 is 14.7 Å². The van der Waals surface area contributed by atoms with Crippen molar-refractivity contribution in [1.82, 2.24) is 5.32 Å². The third-order valence-electron chi connectivity index (χ3n) is 3.49. The summed E-state index contributed by atoms with van der Waals surface area (Å²) < 4.78 is 0. The van der Waals surface area contributed by atoms with Gasteiger partial charge in [0, 0.05) is 5.54 Å². The largest absolute Gasteiger partial charge is 0.480 e. The SMILES string of the molecule is CC(C)C[C@H](NC(=O)C(C)(C)C(C)(C)N)C(=O)O. The van der Waals surface area contributed by atoms with Gasteiger partial charge < -0.3 is 16.2 Å². The molecule has 5 nitrogen and oxygen atoms in total. The molecule has 1 amide bonds. The number of amides is 1. The van der Waals surface area contributed by atoms with E-state index >= 15 is 0 Å². The van der Waals surface area contributed by atoms with E-state index in [2.05, 4.69) is 5.32 Å². The van der Waals surface area contributed by atoms with Crippen molar-refractivity contribution in [2.45, 2.75) is 59.5 Å². The Morgan fingerprint density at radius 3 is 1.94 bits per heavy atom. The molecular weight excluding hydrogens is 232 g/mol. The van der Waals surface area contributed by atoms with Crippen LogP contribution in [0.25, 0.3) is 0 Å². The van der Waals surface area contributed by atoms with Crippen molar-refractivity contribution >= 4 is 11.9 Å². The van der Waals surface area contributed by atoms with Gasteiger partial charge in [0.25, 0.3) is 0 Å². The molecule has 106 valence electrons. The molecule has 18 heavy (non-hydrogen) atoms. The molecule has 0 aliphatic rings. The fraction of sp³-hybridized carbons (Fsp3) is 0.846. The van der Waals surface area contributed by atoms with Crippen LogP contribution in [0.2, 0.25) is 0 Å². The molecule has 0 aromatic carbocycles. The van der Waals surface area contributed by atoms with Crippen LogP contribution in [-0.4, -0.2) is 28.6 Å². The van der Waals surface area contributed by atoms with Crippen molar-refractivity contribution in [1.29, 1.82) is 0 Å². The van der Waals surface area contributed by atoms with E-state index in [1.807, 2.05) is 13.8 Å². The van der Waals surface area contributed by atoms with Gasteiger partial charge in [-0.25, -0.2) is 4.79 Å². The van der Waals surface area contributed by atoms with Gasteiger partial charge in [-0.15, -0.1) is 0 Å². The number of hydrogen-bond donors (Lipinski definition) is 3. The maximum atomic E-state index is 12.2. The van der Waals surface area contributed by atoms with Crippen LogP contribution in [0, 0.1) is 11.3 Å². The van der Waals surface area contributed by atoms with Crippen molar-refractivity contribution in [2.75, 3.05) is 0 Å².